The van der Waals surface area contributed by atoms with Crippen LogP contribution >= 0.6 is 23.1 Å². The highest BCUT2D eigenvalue weighted by molar-refractivity contribution is 8.01. The summed E-state index contributed by atoms with van der Waals surface area (Å²) < 4.78 is 0.536. The first kappa shape index (κ1) is 27.1. The first-order valence-electron chi connectivity index (χ1n) is 12.3. The molecule has 0 radical (unpaired) electrons. The molecule has 2 aliphatic rings. The Balaban J connectivity index is 1.43. The molecule has 1 aliphatic carbocycles. The van der Waals surface area contributed by atoms with Crippen molar-refractivity contribution in [2.24, 2.45) is 11.1 Å². The lowest BCUT2D eigenvalue weighted by molar-refractivity contribution is -0.118. The van der Waals surface area contributed by atoms with Gasteiger partial charge in [0, 0.05) is 35.8 Å². The first-order chi connectivity index (χ1) is 19.2. The van der Waals surface area contributed by atoms with Gasteiger partial charge in [0.1, 0.15) is 5.82 Å². The number of hydrogen-bond acceptors (Lipinski definition) is 11. The van der Waals surface area contributed by atoms with Crippen LogP contribution in [0.2, 0.25) is 0 Å². The molecule has 5 rings (SSSR count). The zero-order valence-corrected chi connectivity index (χ0v) is 23.3. The van der Waals surface area contributed by atoms with E-state index in [2.05, 4.69) is 26.6 Å². The summed E-state index contributed by atoms with van der Waals surface area (Å²) in [4.78, 5) is 31.9. The summed E-state index contributed by atoms with van der Waals surface area (Å²) in [5.41, 5.74) is 9.64. The van der Waals surface area contributed by atoms with Crippen molar-refractivity contribution in [3.63, 3.8) is 0 Å². The number of nitrogens with two attached hydrogens (primary N) is 1. The number of anilines is 2. The average molecular weight is 569 g/mol. The zero-order chi connectivity index (χ0) is 28.4. The van der Waals surface area contributed by atoms with Gasteiger partial charge in [-0.2, -0.15) is 10.5 Å². The third kappa shape index (κ3) is 5.32. The van der Waals surface area contributed by atoms with Crippen LogP contribution in [0.25, 0.3) is 0 Å². The quantitative estimate of drug-likeness (QED) is 0.406. The number of ketones is 1. The Labute approximate surface area is 239 Å². The molecule has 0 saturated heterocycles. The number of carbonyl (C=O) groups is 2. The molecule has 0 fully saturated rings. The minimum Gasteiger partial charge on any atom is -0.384 e. The van der Waals surface area contributed by atoms with Gasteiger partial charge in [-0.15, -0.1) is 10.2 Å². The number of rotatable bonds is 6. The van der Waals surface area contributed by atoms with Crippen molar-refractivity contribution in [3.8, 4) is 12.1 Å². The fraction of sp³-hybridized carbons (Fsp3) is 0.250. The molecule has 2 aromatic heterocycles. The second-order valence-electron chi connectivity index (χ2n) is 10.1. The molecule has 12 heteroatoms. The molecule has 1 aliphatic heterocycles. The molecule has 3 aromatic rings. The van der Waals surface area contributed by atoms with Gasteiger partial charge >= 0.3 is 0 Å². The number of amides is 1. The van der Waals surface area contributed by atoms with E-state index in [9.17, 15) is 14.9 Å². The summed E-state index contributed by atoms with van der Waals surface area (Å²) in [6.07, 6.45) is 4.20. The molecule has 1 amide bonds. The fourth-order valence-corrected chi connectivity index (χ4v) is 6.59. The number of hydrogen-bond donors (Lipinski definition) is 2. The van der Waals surface area contributed by atoms with Crippen LogP contribution in [-0.4, -0.2) is 32.6 Å². The van der Waals surface area contributed by atoms with Crippen LogP contribution in [0.1, 0.15) is 43.7 Å². The van der Waals surface area contributed by atoms with E-state index in [1.54, 1.807) is 47.6 Å². The Morgan fingerprint density at radius 3 is 2.65 bits per heavy atom. The highest BCUT2D eigenvalue weighted by atomic mass is 32.2. The maximum absolute atomic E-state index is 13.6. The zero-order valence-electron chi connectivity index (χ0n) is 21.7. The fourth-order valence-electron chi connectivity index (χ4n) is 4.91. The lowest BCUT2D eigenvalue weighted by Gasteiger charge is -2.42. The Morgan fingerprint density at radius 2 is 1.98 bits per heavy atom. The molecule has 0 saturated carbocycles. The highest BCUT2D eigenvalue weighted by Gasteiger charge is 2.45. The molecule has 40 heavy (non-hydrogen) atoms. The second kappa shape index (κ2) is 10.9. The Kier molecular flexibility index (Phi) is 7.39. The largest absolute Gasteiger partial charge is 0.384 e. The van der Waals surface area contributed by atoms with Crippen LogP contribution < -0.4 is 16.0 Å². The van der Waals surface area contributed by atoms with E-state index in [1.165, 1.54) is 23.1 Å². The SMILES string of the molecule is CC1(C)CC(=O)C2=C(C1)N(c1nnc(SCC(=O)Nc3ccc(C#N)cc3)s1)C(N)=C(C#N)C2c1cccnc1. The van der Waals surface area contributed by atoms with Crippen molar-refractivity contribution in [1.82, 2.24) is 15.2 Å². The minimum absolute atomic E-state index is 0.0380. The van der Waals surface area contributed by atoms with Crippen LogP contribution in [-0.2, 0) is 9.59 Å². The Hall–Kier alpha value is -4.52. The molecular formula is C28H24N8O2S2. The van der Waals surface area contributed by atoms with Gasteiger partial charge in [-0.25, -0.2) is 0 Å². The highest BCUT2D eigenvalue weighted by Crippen LogP contribution is 2.50. The van der Waals surface area contributed by atoms with Crippen LogP contribution in [0.15, 0.2) is 75.8 Å². The number of allylic oxidation sites excluding steroid dienone is 3. The number of Topliss-reactive ketones (excluding diaryl/α,β-unsaturated/α-hetero) is 1. The Bertz CT molecular complexity index is 1630. The minimum atomic E-state index is -0.610. The topological polar surface area (TPSA) is 162 Å². The maximum atomic E-state index is 13.6. The predicted octanol–water partition coefficient (Wildman–Crippen LogP) is 4.48. The average Bonchev–Trinajstić information content (AvgIpc) is 3.40. The van der Waals surface area contributed by atoms with E-state index in [0.29, 0.717) is 44.8 Å². The molecule has 1 aromatic carbocycles. The van der Waals surface area contributed by atoms with Gasteiger partial charge in [-0.05, 0) is 47.7 Å². The smallest absolute Gasteiger partial charge is 0.234 e. The van der Waals surface area contributed by atoms with E-state index in [0.717, 1.165) is 5.56 Å². The van der Waals surface area contributed by atoms with E-state index >= 15 is 0 Å². The molecular weight excluding hydrogens is 544 g/mol. The lowest BCUT2D eigenvalue weighted by atomic mass is 9.69. The Morgan fingerprint density at radius 1 is 1.20 bits per heavy atom. The summed E-state index contributed by atoms with van der Waals surface area (Å²) in [7, 11) is 0. The van der Waals surface area contributed by atoms with Gasteiger partial charge in [0.05, 0.1) is 34.9 Å². The summed E-state index contributed by atoms with van der Waals surface area (Å²) in [5.74, 6) is -0.594. The molecule has 200 valence electrons. The normalized spacial score (nSPS) is 18.1. The standard InChI is InChI=1S/C28H24N8O2S2/c1-28(2)10-20-24(21(37)11-28)23(17-4-3-9-32-14-17)19(13-30)25(31)36(20)26-34-35-27(40-26)39-15-22(38)33-18-7-5-16(12-29)6-8-18/h3-9,14,23H,10-11,15,31H2,1-2H3,(H,33,38). The monoisotopic (exact) mass is 568 g/mol. The van der Waals surface area contributed by atoms with E-state index in [-0.39, 0.29) is 34.3 Å². The predicted molar refractivity (Wildman–Crippen MR) is 152 cm³/mol. The third-order valence-corrected chi connectivity index (χ3v) is 8.65. The van der Waals surface area contributed by atoms with Gasteiger partial charge in [0.15, 0.2) is 10.1 Å². The number of nitriles is 2. The van der Waals surface area contributed by atoms with Gasteiger partial charge in [-0.3, -0.25) is 19.5 Å². The van der Waals surface area contributed by atoms with Gasteiger partial charge in [-0.1, -0.05) is 43.0 Å². The summed E-state index contributed by atoms with van der Waals surface area (Å²) >= 11 is 2.45. The molecule has 1 unspecified atom stereocenters. The number of pyridine rings is 1. The number of nitrogens with one attached hydrogen (secondary N) is 1. The maximum Gasteiger partial charge on any atom is 0.234 e. The summed E-state index contributed by atoms with van der Waals surface area (Å²) in [6, 6.07) is 14.5. The van der Waals surface area contributed by atoms with Crippen LogP contribution in [0.3, 0.4) is 0 Å². The van der Waals surface area contributed by atoms with Gasteiger partial charge in [0.2, 0.25) is 11.0 Å². The molecule has 0 bridgehead atoms. The van der Waals surface area contributed by atoms with Crippen LogP contribution in [0, 0.1) is 28.1 Å². The first-order valence-corrected chi connectivity index (χ1v) is 14.1. The van der Waals surface area contributed by atoms with Crippen molar-refractivity contribution in [2.75, 3.05) is 16.0 Å². The second-order valence-corrected chi connectivity index (χ2v) is 12.3. The summed E-state index contributed by atoms with van der Waals surface area (Å²) in [5, 5.41) is 30.9. The number of nitrogens with zero attached hydrogens (tertiary/aromatic N) is 6. The molecule has 10 nitrogen and oxygen atoms in total. The summed E-state index contributed by atoms with van der Waals surface area (Å²) in [6.45, 7) is 4.05. The van der Waals surface area contributed by atoms with Crippen molar-refractivity contribution in [1.29, 1.82) is 10.5 Å². The third-order valence-electron chi connectivity index (χ3n) is 6.61. The number of benzene rings is 1. The van der Waals surface area contributed by atoms with Crippen molar-refractivity contribution < 1.29 is 9.59 Å². The van der Waals surface area contributed by atoms with E-state index in [4.69, 9.17) is 11.0 Å². The molecule has 1 atom stereocenters. The van der Waals surface area contributed by atoms with E-state index < -0.39 is 5.92 Å². The molecule has 3 heterocycles. The lowest BCUT2D eigenvalue weighted by Crippen LogP contribution is -2.42. The molecule has 3 N–H and O–H groups in total. The van der Waals surface area contributed by atoms with Crippen LogP contribution in [0.5, 0.6) is 0 Å². The van der Waals surface area contributed by atoms with E-state index in [1.807, 2.05) is 26.0 Å². The van der Waals surface area contributed by atoms with Crippen molar-refractivity contribution in [3.05, 3.63) is 82.6 Å². The van der Waals surface area contributed by atoms with Crippen LogP contribution in [0.4, 0.5) is 10.8 Å². The number of aromatic nitrogens is 3. The number of carbonyl (C=O) groups excluding carboxylic acids is 2. The van der Waals surface area contributed by atoms with Gasteiger partial charge < -0.3 is 11.1 Å². The number of thioether (sulfide) groups is 1. The molecule has 0 spiro atoms. The van der Waals surface area contributed by atoms with Gasteiger partial charge in [0.25, 0.3) is 0 Å². The van der Waals surface area contributed by atoms with Crippen molar-refractivity contribution in [2.45, 2.75) is 36.9 Å². The van der Waals surface area contributed by atoms with Crippen molar-refractivity contribution >= 4 is 45.6 Å².